The molecule has 0 fully saturated rings. The number of hydrogen-bond donors (Lipinski definition) is 3. The second-order valence-corrected chi connectivity index (χ2v) is 5.83. The van der Waals surface area contributed by atoms with Crippen LogP contribution in [0.25, 0.3) is 0 Å². The molecule has 0 radical (unpaired) electrons. The van der Waals surface area contributed by atoms with Crippen molar-refractivity contribution in [3.8, 4) is 0 Å². The summed E-state index contributed by atoms with van der Waals surface area (Å²) in [6, 6.07) is 6.24. The van der Waals surface area contributed by atoms with Crippen LogP contribution in [0.15, 0.2) is 41.5 Å². The molecule has 6 heteroatoms. The van der Waals surface area contributed by atoms with Crippen LogP contribution in [0.3, 0.4) is 0 Å². The van der Waals surface area contributed by atoms with E-state index in [0.717, 1.165) is 25.8 Å². The molecular weight excluding hydrogens is 281 g/mol. The number of halogens is 1. The lowest BCUT2D eigenvalue weighted by Crippen LogP contribution is -2.44. The maximum Gasteiger partial charge on any atom is 0.202 e. The molecule has 1 aromatic rings. The van der Waals surface area contributed by atoms with E-state index in [0.29, 0.717) is 11.6 Å². The summed E-state index contributed by atoms with van der Waals surface area (Å²) >= 11 is 0. The van der Waals surface area contributed by atoms with Crippen molar-refractivity contribution in [1.82, 2.24) is 10.2 Å². The summed E-state index contributed by atoms with van der Waals surface area (Å²) in [6.45, 7) is 1.04. The van der Waals surface area contributed by atoms with E-state index in [1.807, 2.05) is 6.08 Å². The summed E-state index contributed by atoms with van der Waals surface area (Å²) in [5, 5.41) is 6.04. The second kappa shape index (κ2) is 7.38. The minimum Gasteiger partial charge on any atom is -0.333 e. The van der Waals surface area contributed by atoms with Crippen LogP contribution >= 0.6 is 0 Å². The summed E-state index contributed by atoms with van der Waals surface area (Å²) in [5.74, 6) is 0.239. The first-order valence-corrected chi connectivity index (χ1v) is 7.47. The third kappa shape index (κ3) is 5.13. The van der Waals surface area contributed by atoms with Gasteiger partial charge in [-0.25, -0.2) is 9.38 Å². The zero-order valence-electron chi connectivity index (χ0n) is 13.1. The number of benzene rings is 1. The van der Waals surface area contributed by atoms with Crippen molar-refractivity contribution in [2.24, 2.45) is 10.7 Å². The van der Waals surface area contributed by atoms with Crippen LogP contribution in [0.1, 0.15) is 19.3 Å². The van der Waals surface area contributed by atoms with Crippen LogP contribution < -0.4 is 16.4 Å². The van der Waals surface area contributed by atoms with Crippen LogP contribution in [-0.4, -0.2) is 37.2 Å². The average molecular weight is 305 g/mol. The highest BCUT2D eigenvalue weighted by Gasteiger charge is 2.23. The van der Waals surface area contributed by atoms with Gasteiger partial charge in [-0.1, -0.05) is 6.07 Å². The molecule has 22 heavy (non-hydrogen) atoms. The number of anilines is 1. The molecule has 4 N–H and O–H groups in total. The van der Waals surface area contributed by atoms with E-state index in [1.165, 1.54) is 12.1 Å². The minimum absolute atomic E-state index is 0.292. The van der Waals surface area contributed by atoms with E-state index in [-0.39, 0.29) is 5.82 Å². The van der Waals surface area contributed by atoms with E-state index in [9.17, 15) is 4.39 Å². The van der Waals surface area contributed by atoms with Crippen molar-refractivity contribution in [1.29, 1.82) is 0 Å². The fourth-order valence-electron chi connectivity index (χ4n) is 2.29. The van der Waals surface area contributed by atoms with Gasteiger partial charge in [-0.05, 0) is 64.2 Å². The first-order valence-electron chi connectivity index (χ1n) is 7.47. The standard InChI is InChI=1S/C16H24FN5/c1-22(2)11-4-3-8-16(18)9-10-19-15(21-16)20-14-7-5-6-13(17)12-14/h5-7,9-10,12H,3-4,8,11,18H2,1-2H3,(H2,19,20,21). The third-order valence-corrected chi connectivity index (χ3v) is 3.43. The van der Waals surface area contributed by atoms with Crippen molar-refractivity contribution in [3.63, 3.8) is 0 Å². The highest BCUT2D eigenvalue weighted by atomic mass is 19.1. The van der Waals surface area contributed by atoms with Gasteiger partial charge in [-0.15, -0.1) is 0 Å². The monoisotopic (exact) mass is 305 g/mol. The topological polar surface area (TPSA) is 65.7 Å². The van der Waals surface area contributed by atoms with Crippen LogP contribution in [0, 0.1) is 5.82 Å². The van der Waals surface area contributed by atoms with Crippen LogP contribution in [0.4, 0.5) is 10.1 Å². The molecule has 0 saturated heterocycles. The van der Waals surface area contributed by atoms with Gasteiger partial charge >= 0.3 is 0 Å². The number of aliphatic imine (C=N–C) groups is 1. The largest absolute Gasteiger partial charge is 0.333 e. The molecule has 1 heterocycles. The quantitative estimate of drug-likeness (QED) is 0.704. The predicted octanol–water partition coefficient (Wildman–Crippen LogP) is 2.10. The minimum atomic E-state index is -0.715. The number of nitrogens with zero attached hydrogens (tertiary/aromatic N) is 2. The van der Waals surface area contributed by atoms with Gasteiger partial charge in [0.2, 0.25) is 5.96 Å². The first-order chi connectivity index (χ1) is 10.5. The number of unbranched alkanes of at least 4 members (excludes halogenated alkanes) is 1. The lowest BCUT2D eigenvalue weighted by atomic mass is 10.0. The SMILES string of the molecule is CN(C)CCCCC1(N)C=CNC(Nc2cccc(F)c2)=N1. The smallest absolute Gasteiger partial charge is 0.202 e. The molecule has 2 rings (SSSR count). The number of nitrogens with one attached hydrogen (secondary N) is 2. The fraction of sp³-hybridized carbons (Fsp3) is 0.438. The molecule has 0 spiro atoms. The van der Waals surface area contributed by atoms with Crippen molar-refractivity contribution in [3.05, 3.63) is 42.4 Å². The molecule has 1 unspecified atom stereocenters. The highest BCUT2D eigenvalue weighted by molar-refractivity contribution is 5.95. The van der Waals surface area contributed by atoms with Gasteiger partial charge in [0.05, 0.1) is 0 Å². The molecule has 0 bridgehead atoms. The van der Waals surface area contributed by atoms with Gasteiger partial charge in [0, 0.05) is 11.9 Å². The molecule has 1 aliphatic rings. The number of nitrogens with two attached hydrogens (primary N) is 1. The van der Waals surface area contributed by atoms with Gasteiger partial charge in [0.1, 0.15) is 11.5 Å². The molecular formula is C16H24FN5. The predicted molar refractivity (Wildman–Crippen MR) is 89.1 cm³/mol. The molecule has 1 atom stereocenters. The summed E-state index contributed by atoms with van der Waals surface area (Å²) in [4.78, 5) is 6.66. The molecule has 5 nitrogen and oxygen atoms in total. The van der Waals surface area contributed by atoms with E-state index >= 15 is 0 Å². The zero-order valence-corrected chi connectivity index (χ0v) is 13.1. The molecule has 0 aromatic heterocycles. The maximum atomic E-state index is 13.2. The number of hydrogen-bond acceptors (Lipinski definition) is 5. The van der Waals surface area contributed by atoms with Gasteiger partial charge < -0.3 is 21.3 Å². The van der Waals surface area contributed by atoms with Crippen LogP contribution in [-0.2, 0) is 0 Å². The van der Waals surface area contributed by atoms with E-state index in [1.54, 1.807) is 18.3 Å². The molecule has 120 valence electrons. The molecule has 0 amide bonds. The Morgan fingerprint density at radius 1 is 1.36 bits per heavy atom. The lowest BCUT2D eigenvalue weighted by molar-refractivity contribution is 0.376. The number of rotatable bonds is 6. The third-order valence-electron chi connectivity index (χ3n) is 3.43. The van der Waals surface area contributed by atoms with Crippen molar-refractivity contribution >= 4 is 11.6 Å². The summed E-state index contributed by atoms with van der Waals surface area (Å²) in [5.41, 5.74) is 6.23. The first kappa shape index (κ1) is 16.5. The Morgan fingerprint density at radius 2 is 2.18 bits per heavy atom. The van der Waals surface area contributed by atoms with Crippen molar-refractivity contribution in [2.75, 3.05) is 26.0 Å². The Hall–Kier alpha value is -1.92. The van der Waals surface area contributed by atoms with Gasteiger partial charge in [-0.3, -0.25) is 0 Å². The fourth-order valence-corrected chi connectivity index (χ4v) is 2.29. The maximum absolute atomic E-state index is 13.2. The van der Waals surface area contributed by atoms with E-state index < -0.39 is 5.66 Å². The zero-order chi connectivity index (χ0) is 16.0. The van der Waals surface area contributed by atoms with Crippen molar-refractivity contribution in [2.45, 2.75) is 24.9 Å². The Morgan fingerprint density at radius 3 is 2.91 bits per heavy atom. The summed E-state index contributed by atoms with van der Waals surface area (Å²) in [7, 11) is 4.11. The van der Waals surface area contributed by atoms with Crippen LogP contribution in [0.2, 0.25) is 0 Å². The van der Waals surface area contributed by atoms with Gasteiger partial charge in [0.15, 0.2) is 0 Å². The Labute approximate surface area is 131 Å². The second-order valence-electron chi connectivity index (χ2n) is 5.83. The molecule has 1 aromatic carbocycles. The van der Waals surface area contributed by atoms with E-state index in [2.05, 4.69) is 34.6 Å². The highest BCUT2D eigenvalue weighted by Crippen LogP contribution is 2.18. The normalized spacial score (nSPS) is 20.7. The molecule has 0 aliphatic carbocycles. The lowest BCUT2D eigenvalue weighted by Gasteiger charge is -2.27. The Bertz CT molecular complexity index is 555. The Kier molecular flexibility index (Phi) is 5.51. The Balaban J connectivity index is 1.93. The molecule has 0 saturated carbocycles. The molecule has 1 aliphatic heterocycles. The number of guanidine groups is 1. The van der Waals surface area contributed by atoms with Gasteiger partial charge in [-0.2, -0.15) is 0 Å². The summed E-state index contributed by atoms with van der Waals surface area (Å²) in [6.07, 6.45) is 6.48. The van der Waals surface area contributed by atoms with E-state index in [4.69, 9.17) is 5.73 Å². The van der Waals surface area contributed by atoms with Crippen molar-refractivity contribution < 1.29 is 4.39 Å². The average Bonchev–Trinajstić information content (AvgIpc) is 2.44. The summed E-state index contributed by atoms with van der Waals surface area (Å²) < 4.78 is 13.2. The van der Waals surface area contributed by atoms with Gasteiger partial charge in [0.25, 0.3) is 0 Å². The van der Waals surface area contributed by atoms with Crippen LogP contribution in [0.5, 0.6) is 0 Å².